The summed E-state index contributed by atoms with van der Waals surface area (Å²) in [5.74, 6) is 0.154. The summed E-state index contributed by atoms with van der Waals surface area (Å²) in [6.45, 7) is 5.61. The van der Waals surface area contributed by atoms with Gasteiger partial charge in [0.25, 0.3) is 0 Å². The van der Waals surface area contributed by atoms with E-state index >= 15 is 0 Å². The molecule has 6 heteroatoms. The molecule has 0 aliphatic rings. The Balaban J connectivity index is 2.03. The Kier molecular flexibility index (Phi) is 7.53. The molecule has 2 rings (SSSR count). The SMILES string of the molecule is CCNC(=NCc1ccc(F)c(C)c1)NCc1ccc(F)c(COC)c1. The van der Waals surface area contributed by atoms with Crippen LogP contribution in [0.15, 0.2) is 41.4 Å². The van der Waals surface area contributed by atoms with Gasteiger partial charge in [0.05, 0.1) is 13.2 Å². The fraction of sp³-hybridized carbons (Fsp3) is 0.350. The number of halogens is 2. The van der Waals surface area contributed by atoms with Gasteiger partial charge in [-0.05, 0) is 48.7 Å². The van der Waals surface area contributed by atoms with Gasteiger partial charge in [-0.3, -0.25) is 0 Å². The van der Waals surface area contributed by atoms with Crippen LogP contribution in [0.1, 0.15) is 29.2 Å². The largest absolute Gasteiger partial charge is 0.380 e. The third-order valence-electron chi connectivity index (χ3n) is 3.86. The Morgan fingerprint density at radius 2 is 1.77 bits per heavy atom. The topological polar surface area (TPSA) is 45.7 Å². The van der Waals surface area contributed by atoms with Gasteiger partial charge >= 0.3 is 0 Å². The van der Waals surface area contributed by atoms with E-state index in [1.54, 1.807) is 31.2 Å². The Labute approximate surface area is 153 Å². The van der Waals surface area contributed by atoms with E-state index in [9.17, 15) is 8.78 Å². The van der Waals surface area contributed by atoms with E-state index in [1.807, 2.05) is 6.92 Å². The van der Waals surface area contributed by atoms with Crippen LogP contribution in [0.3, 0.4) is 0 Å². The van der Waals surface area contributed by atoms with Gasteiger partial charge in [0.2, 0.25) is 0 Å². The number of hydrogen-bond acceptors (Lipinski definition) is 2. The molecule has 0 atom stereocenters. The summed E-state index contributed by atoms with van der Waals surface area (Å²) in [6, 6.07) is 9.92. The summed E-state index contributed by atoms with van der Waals surface area (Å²) in [5, 5.41) is 6.39. The molecule has 0 fully saturated rings. The molecule has 0 saturated heterocycles. The third kappa shape index (κ3) is 5.81. The van der Waals surface area contributed by atoms with Crippen LogP contribution in [0, 0.1) is 18.6 Å². The lowest BCUT2D eigenvalue weighted by Crippen LogP contribution is -2.36. The lowest BCUT2D eigenvalue weighted by Gasteiger charge is -2.12. The van der Waals surface area contributed by atoms with Crippen LogP contribution in [0.4, 0.5) is 8.78 Å². The first kappa shape index (κ1) is 19.8. The second-order valence-electron chi connectivity index (χ2n) is 5.99. The molecule has 0 radical (unpaired) electrons. The number of hydrogen-bond donors (Lipinski definition) is 2. The number of nitrogens with zero attached hydrogens (tertiary/aromatic N) is 1. The number of benzene rings is 2. The normalized spacial score (nSPS) is 11.5. The minimum absolute atomic E-state index is 0.217. The summed E-state index contributed by atoms with van der Waals surface area (Å²) in [4.78, 5) is 4.52. The summed E-state index contributed by atoms with van der Waals surface area (Å²) < 4.78 is 32.0. The highest BCUT2D eigenvalue weighted by Crippen LogP contribution is 2.12. The molecule has 0 amide bonds. The van der Waals surface area contributed by atoms with Crippen molar-refractivity contribution < 1.29 is 13.5 Å². The van der Waals surface area contributed by atoms with Crippen LogP contribution >= 0.6 is 0 Å². The molecule has 0 unspecified atom stereocenters. The first-order valence-electron chi connectivity index (χ1n) is 8.57. The molecular weight excluding hydrogens is 336 g/mol. The molecule has 0 aliphatic carbocycles. The van der Waals surface area contributed by atoms with Gasteiger partial charge in [-0.2, -0.15) is 0 Å². The van der Waals surface area contributed by atoms with E-state index in [4.69, 9.17) is 4.74 Å². The maximum absolute atomic E-state index is 13.7. The Morgan fingerprint density at radius 1 is 1.04 bits per heavy atom. The van der Waals surface area contributed by atoms with E-state index in [2.05, 4.69) is 15.6 Å². The average Bonchev–Trinajstić information content (AvgIpc) is 2.63. The van der Waals surface area contributed by atoms with Crippen molar-refractivity contribution in [2.75, 3.05) is 13.7 Å². The summed E-state index contributed by atoms with van der Waals surface area (Å²) >= 11 is 0. The highest BCUT2D eigenvalue weighted by Gasteiger charge is 2.05. The zero-order valence-electron chi connectivity index (χ0n) is 15.4. The fourth-order valence-corrected chi connectivity index (χ4v) is 2.51. The highest BCUT2D eigenvalue weighted by atomic mass is 19.1. The van der Waals surface area contributed by atoms with Crippen LogP contribution in [-0.4, -0.2) is 19.6 Å². The quantitative estimate of drug-likeness (QED) is 0.584. The van der Waals surface area contributed by atoms with Crippen LogP contribution < -0.4 is 10.6 Å². The Bertz CT molecular complexity index is 763. The van der Waals surface area contributed by atoms with Crippen molar-refractivity contribution in [2.45, 2.75) is 33.5 Å². The number of nitrogens with one attached hydrogen (secondary N) is 2. The summed E-state index contributed by atoms with van der Waals surface area (Å²) in [5.41, 5.74) is 3.00. The maximum Gasteiger partial charge on any atom is 0.191 e. The van der Waals surface area contributed by atoms with Crippen molar-refractivity contribution in [3.63, 3.8) is 0 Å². The smallest absolute Gasteiger partial charge is 0.191 e. The maximum atomic E-state index is 13.7. The van der Waals surface area contributed by atoms with Crippen molar-refractivity contribution in [1.82, 2.24) is 10.6 Å². The highest BCUT2D eigenvalue weighted by molar-refractivity contribution is 5.79. The van der Waals surface area contributed by atoms with Crippen molar-refractivity contribution >= 4 is 5.96 Å². The van der Waals surface area contributed by atoms with E-state index in [0.29, 0.717) is 36.7 Å². The van der Waals surface area contributed by atoms with Crippen LogP contribution in [0.5, 0.6) is 0 Å². The molecule has 0 heterocycles. The van der Waals surface area contributed by atoms with E-state index in [1.165, 1.54) is 19.2 Å². The van der Waals surface area contributed by atoms with Gasteiger partial charge in [-0.1, -0.05) is 18.2 Å². The first-order valence-corrected chi connectivity index (χ1v) is 8.57. The second-order valence-corrected chi connectivity index (χ2v) is 5.99. The minimum Gasteiger partial charge on any atom is -0.380 e. The Morgan fingerprint density at radius 3 is 2.46 bits per heavy atom. The second kappa shape index (κ2) is 9.87. The van der Waals surface area contributed by atoms with Crippen molar-refractivity contribution in [3.05, 3.63) is 70.3 Å². The van der Waals surface area contributed by atoms with E-state index < -0.39 is 0 Å². The number of ether oxygens (including phenoxy) is 1. The molecule has 140 valence electrons. The number of guanidine groups is 1. The van der Waals surface area contributed by atoms with E-state index in [-0.39, 0.29) is 18.2 Å². The molecule has 0 aromatic heterocycles. The summed E-state index contributed by atoms with van der Waals surface area (Å²) in [7, 11) is 1.54. The number of rotatable bonds is 7. The van der Waals surface area contributed by atoms with Gasteiger partial charge in [0.15, 0.2) is 5.96 Å². The van der Waals surface area contributed by atoms with Gasteiger partial charge in [0.1, 0.15) is 11.6 Å². The zero-order chi connectivity index (χ0) is 18.9. The molecule has 2 aromatic rings. The molecule has 2 N–H and O–H groups in total. The van der Waals surface area contributed by atoms with Gasteiger partial charge in [-0.25, -0.2) is 13.8 Å². The zero-order valence-corrected chi connectivity index (χ0v) is 15.4. The van der Waals surface area contributed by atoms with Crippen molar-refractivity contribution in [2.24, 2.45) is 4.99 Å². The number of methoxy groups -OCH3 is 1. The van der Waals surface area contributed by atoms with Gasteiger partial charge < -0.3 is 15.4 Å². The minimum atomic E-state index is -0.275. The van der Waals surface area contributed by atoms with Crippen LogP contribution in [-0.2, 0) is 24.4 Å². The van der Waals surface area contributed by atoms with Crippen LogP contribution in [0.2, 0.25) is 0 Å². The monoisotopic (exact) mass is 361 g/mol. The van der Waals surface area contributed by atoms with Crippen molar-refractivity contribution in [3.8, 4) is 0 Å². The molecule has 0 spiro atoms. The van der Waals surface area contributed by atoms with Gasteiger partial charge in [0, 0.05) is 25.8 Å². The third-order valence-corrected chi connectivity index (χ3v) is 3.86. The molecule has 0 bridgehead atoms. The van der Waals surface area contributed by atoms with E-state index in [0.717, 1.165) is 11.1 Å². The molecular formula is C20H25F2N3O. The van der Waals surface area contributed by atoms with Gasteiger partial charge in [-0.15, -0.1) is 0 Å². The lowest BCUT2D eigenvalue weighted by atomic mass is 10.1. The average molecular weight is 361 g/mol. The Hall–Kier alpha value is -2.47. The van der Waals surface area contributed by atoms with Crippen molar-refractivity contribution in [1.29, 1.82) is 0 Å². The number of aryl methyl sites for hydroxylation is 1. The molecule has 4 nitrogen and oxygen atoms in total. The number of aliphatic imine (C=N–C) groups is 1. The molecule has 0 aliphatic heterocycles. The standard InChI is InChI=1S/C20H25F2N3O/c1-4-23-20(24-11-15-5-7-18(21)14(2)9-15)25-12-16-6-8-19(22)17(10-16)13-26-3/h5-10H,4,11-13H2,1-3H3,(H2,23,24,25). The molecule has 26 heavy (non-hydrogen) atoms. The molecule has 2 aromatic carbocycles. The fourth-order valence-electron chi connectivity index (χ4n) is 2.51. The molecule has 0 saturated carbocycles. The van der Waals surface area contributed by atoms with Crippen LogP contribution in [0.25, 0.3) is 0 Å². The first-order chi connectivity index (χ1) is 12.5. The predicted molar refractivity (Wildman–Crippen MR) is 99.9 cm³/mol. The summed E-state index contributed by atoms with van der Waals surface area (Å²) in [6.07, 6.45) is 0. The predicted octanol–water partition coefficient (Wildman–Crippen LogP) is 3.67. The lowest BCUT2D eigenvalue weighted by molar-refractivity contribution is 0.181.